The van der Waals surface area contributed by atoms with Crippen molar-refractivity contribution in [3.63, 3.8) is 0 Å². The summed E-state index contributed by atoms with van der Waals surface area (Å²) in [6, 6.07) is 5.51. The minimum absolute atomic E-state index is 0.121. The van der Waals surface area contributed by atoms with Crippen LogP contribution in [0.15, 0.2) is 29.2 Å². The van der Waals surface area contributed by atoms with Crippen molar-refractivity contribution in [2.75, 3.05) is 6.26 Å². The molecular weight excluding hydrogens is 330 g/mol. The Bertz CT molecular complexity index is 716. The van der Waals surface area contributed by atoms with E-state index in [-0.39, 0.29) is 10.5 Å². The van der Waals surface area contributed by atoms with Crippen LogP contribution in [0.5, 0.6) is 0 Å². The lowest BCUT2D eigenvalue weighted by molar-refractivity contribution is -0.146. The second kappa shape index (κ2) is 6.93. The van der Waals surface area contributed by atoms with E-state index in [0.717, 1.165) is 25.5 Å². The number of aliphatic carboxylic acids is 1. The fourth-order valence-corrected chi connectivity index (χ4v) is 3.74. The molecule has 1 aromatic rings. The zero-order valence-electron chi connectivity index (χ0n) is 13.9. The first kappa shape index (κ1) is 18.4. The number of nitrogens with one attached hydrogen (secondary N) is 1. The van der Waals surface area contributed by atoms with Crippen molar-refractivity contribution in [3.8, 4) is 0 Å². The summed E-state index contributed by atoms with van der Waals surface area (Å²) in [5.74, 6) is -1.01. The number of sulfone groups is 1. The summed E-state index contributed by atoms with van der Waals surface area (Å²) < 4.78 is 22.9. The van der Waals surface area contributed by atoms with Gasteiger partial charge in [0.2, 0.25) is 0 Å². The van der Waals surface area contributed by atoms with Crippen LogP contribution in [0.1, 0.15) is 49.4 Å². The SMILES string of the molecule is CCC1CCC(NC(=O)c2ccc(S(C)(=O)=O)cc2)(C(=O)O)CC1. The standard InChI is InChI=1S/C17H23NO5S/c1-3-12-8-10-17(11-9-12,16(20)21)18-15(19)13-4-6-14(7-5-13)24(2,22)23/h4-7,12H,3,8-11H2,1-2H3,(H,18,19)(H,20,21). The van der Waals surface area contributed by atoms with Crippen molar-refractivity contribution in [3.05, 3.63) is 29.8 Å². The van der Waals surface area contributed by atoms with Gasteiger partial charge in [0.15, 0.2) is 9.84 Å². The van der Waals surface area contributed by atoms with Crippen LogP contribution in [0.3, 0.4) is 0 Å². The minimum atomic E-state index is -3.33. The second-order valence-electron chi connectivity index (χ2n) is 6.49. The molecule has 0 saturated heterocycles. The molecule has 1 amide bonds. The molecule has 0 aliphatic heterocycles. The van der Waals surface area contributed by atoms with Crippen molar-refractivity contribution in [1.29, 1.82) is 0 Å². The summed E-state index contributed by atoms with van der Waals surface area (Å²) in [7, 11) is -3.33. The zero-order chi connectivity index (χ0) is 18.0. The van der Waals surface area contributed by atoms with Gasteiger partial charge in [-0.2, -0.15) is 0 Å². The Balaban J connectivity index is 2.16. The van der Waals surface area contributed by atoms with Gasteiger partial charge in [0.05, 0.1) is 4.90 Å². The number of hydrogen-bond acceptors (Lipinski definition) is 4. The molecule has 0 aromatic heterocycles. The molecule has 1 saturated carbocycles. The van der Waals surface area contributed by atoms with Crippen molar-refractivity contribution < 1.29 is 23.1 Å². The molecular formula is C17H23NO5S. The number of rotatable bonds is 5. The van der Waals surface area contributed by atoms with Gasteiger partial charge in [0.1, 0.15) is 5.54 Å². The van der Waals surface area contributed by atoms with Gasteiger partial charge in [-0.05, 0) is 55.9 Å². The third-order valence-corrected chi connectivity index (χ3v) is 5.97. The molecule has 1 aliphatic rings. The Labute approximate surface area is 142 Å². The number of benzene rings is 1. The molecule has 132 valence electrons. The average Bonchev–Trinajstić information content (AvgIpc) is 2.54. The Hall–Kier alpha value is -1.89. The summed E-state index contributed by atoms with van der Waals surface area (Å²) in [6.07, 6.45) is 4.47. The summed E-state index contributed by atoms with van der Waals surface area (Å²) in [4.78, 5) is 24.3. The molecule has 24 heavy (non-hydrogen) atoms. The fourth-order valence-electron chi connectivity index (χ4n) is 3.11. The monoisotopic (exact) mass is 353 g/mol. The van der Waals surface area contributed by atoms with E-state index >= 15 is 0 Å². The smallest absolute Gasteiger partial charge is 0.329 e. The molecule has 6 nitrogen and oxygen atoms in total. The largest absolute Gasteiger partial charge is 0.480 e. The lowest BCUT2D eigenvalue weighted by Gasteiger charge is -2.37. The van der Waals surface area contributed by atoms with E-state index in [1.165, 1.54) is 24.3 Å². The molecule has 0 radical (unpaired) electrons. The van der Waals surface area contributed by atoms with E-state index in [1.807, 2.05) is 0 Å². The number of hydrogen-bond donors (Lipinski definition) is 2. The van der Waals surface area contributed by atoms with Crippen LogP contribution < -0.4 is 5.32 Å². The summed E-state index contributed by atoms with van der Waals surface area (Å²) in [5.41, 5.74) is -0.987. The first-order valence-corrected chi connectivity index (χ1v) is 9.93. The molecule has 2 rings (SSSR count). The van der Waals surface area contributed by atoms with Crippen molar-refractivity contribution >= 4 is 21.7 Å². The Morgan fingerprint density at radius 1 is 1.21 bits per heavy atom. The highest BCUT2D eigenvalue weighted by molar-refractivity contribution is 7.90. The maximum atomic E-state index is 12.4. The van der Waals surface area contributed by atoms with Gasteiger partial charge in [-0.25, -0.2) is 13.2 Å². The zero-order valence-corrected chi connectivity index (χ0v) is 14.7. The van der Waals surface area contributed by atoms with E-state index in [0.29, 0.717) is 18.8 Å². The van der Waals surface area contributed by atoms with Crippen LogP contribution in [0.2, 0.25) is 0 Å². The average molecular weight is 353 g/mol. The Morgan fingerprint density at radius 3 is 2.17 bits per heavy atom. The van der Waals surface area contributed by atoms with E-state index in [9.17, 15) is 23.1 Å². The highest BCUT2D eigenvalue weighted by Crippen LogP contribution is 2.34. The topological polar surface area (TPSA) is 101 Å². The second-order valence-corrected chi connectivity index (χ2v) is 8.51. The van der Waals surface area contributed by atoms with E-state index in [1.54, 1.807) is 0 Å². The van der Waals surface area contributed by atoms with Gasteiger partial charge >= 0.3 is 5.97 Å². The maximum Gasteiger partial charge on any atom is 0.329 e. The predicted octanol–water partition coefficient (Wildman–Crippen LogP) is 2.24. The van der Waals surface area contributed by atoms with Crippen LogP contribution >= 0.6 is 0 Å². The molecule has 1 fully saturated rings. The first-order valence-electron chi connectivity index (χ1n) is 8.04. The van der Waals surface area contributed by atoms with Crippen LogP contribution in [0.25, 0.3) is 0 Å². The highest BCUT2D eigenvalue weighted by atomic mass is 32.2. The number of carbonyl (C=O) groups excluding carboxylic acids is 1. The quantitative estimate of drug-likeness (QED) is 0.845. The van der Waals surface area contributed by atoms with Crippen molar-refractivity contribution in [2.45, 2.75) is 49.5 Å². The van der Waals surface area contributed by atoms with E-state index in [2.05, 4.69) is 12.2 Å². The molecule has 0 heterocycles. The fraction of sp³-hybridized carbons (Fsp3) is 0.529. The summed E-state index contributed by atoms with van der Waals surface area (Å²) in [6.45, 7) is 2.08. The van der Waals surface area contributed by atoms with Gasteiger partial charge in [-0.3, -0.25) is 4.79 Å². The number of carbonyl (C=O) groups is 2. The highest BCUT2D eigenvalue weighted by Gasteiger charge is 2.43. The van der Waals surface area contributed by atoms with Crippen molar-refractivity contribution in [1.82, 2.24) is 5.32 Å². The van der Waals surface area contributed by atoms with E-state index < -0.39 is 27.3 Å². The normalized spacial score (nSPS) is 24.3. The molecule has 0 atom stereocenters. The maximum absolute atomic E-state index is 12.4. The summed E-state index contributed by atoms with van der Waals surface area (Å²) in [5, 5.41) is 12.3. The van der Waals surface area contributed by atoms with Crippen molar-refractivity contribution in [2.24, 2.45) is 5.92 Å². The molecule has 1 aromatic carbocycles. The third kappa shape index (κ3) is 3.95. The first-order chi connectivity index (χ1) is 11.2. The Kier molecular flexibility index (Phi) is 5.32. The number of carboxylic acids is 1. The van der Waals surface area contributed by atoms with Crippen LogP contribution in [-0.4, -0.2) is 37.2 Å². The van der Waals surface area contributed by atoms with Gasteiger partial charge in [0.25, 0.3) is 5.91 Å². The lowest BCUT2D eigenvalue weighted by Crippen LogP contribution is -2.56. The molecule has 1 aliphatic carbocycles. The third-order valence-electron chi connectivity index (χ3n) is 4.84. The molecule has 0 unspecified atom stereocenters. The van der Waals surface area contributed by atoms with Gasteiger partial charge < -0.3 is 10.4 Å². The molecule has 2 N–H and O–H groups in total. The number of carboxylic acid groups (broad SMARTS) is 1. The lowest BCUT2D eigenvalue weighted by atomic mass is 9.75. The van der Waals surface area contributed by atoms with Crippen LogP contribution in [0, 0.1) is 5.92 Å². The van der Waals surface area contributed by atoms with Crippen LogP contribution in [0.4, 0.5) is 0 Å². The van der Waals surface area contributed by atoms with Gasteiger partial charge in [-0.1, -0.05) is 13.3 Å². The Morgan fingerprint density at radius 2 is 1.75 bits per heavy atom. The predicted molar refractivity (Wildman–Crippen MR) is 89.6 cm³/mol. The van der Waals surface area contributed by atoms with Crippen LogP contribution in [-0.2, 0) is 14.6 Å². The molecule has 7 heteroatoms. The van der Waals surface area contributed by atoms with E-state index in [4.69, 9.17) is 0 Å². The van der Waals surface area contributed by atoms with Gasteiger partial charge in [-0.15, -0.1) is 0 Å². The molecule has 0 bridgehead atoms. The summed E-state index contributed by atoms with van der Waals surface area (Å²) >= 11 is 0. The van der Waals surface area contributed by atoms with Gasteiger partial charge in [0, 0.05) is 11.8 Å². The minimum Gasteiger partial charge on any atom is -0.480 e. The molecule has 0 spiro atoms. The number of amides is 1.